The Morgan fingerprint density at radius 3 is 2.03 bits per heavy atom. The molecule has 30 heavy (non-hydrogen) atoms. The Kier molecular flexibility index (Phi) is 10.2. The third kappa shape index (κ3) is 8.36. The van der Waals surface area contributed by atoms with Gasteiger partial charge in [0.2, 0.25) is 0 Å². The van der Waals surface area contributed by atoms with Crippen molar-refractivity contribution in [1.29, 1.82) is 0 Å². The zero-order valence-corrected chi connectivity index (χ0v) is 18.7. The van der Waals surface area contributed by atoms with E-state index in [4.69, 9.17) is 4.74 Å². The number of benzene rings is 2. The molecule has 0 bridgehead atoms. The van der Waals surface area contributed by atoms with Crippen LogP contribution in [-0.4, -0.2) is 18.1 Å². The Morgan fingerprint density at radius 2 is 1.43 bits per heavy atom. The molecule has 0 aliphatic heterocycles. The summed E-state index contributed by atoms with van der Waals surface area (Å²) in [6.07, 6.45) is 12.5. The molecule has 6 heteroatoms. The Hall–Kier alpha value is -2.05. The number of phenolic OH excluding ortho intramolecular Hbond substituents is 1. The SMILES string of the molecule is CCCCCCCCCCCCc1cc(Oc2ccccc2O)ccc1S(=O)(=O)O. The Bertz CT molecular complexity index is 877. The number of hydrogen-bond donors (Lipinski definition) is 2. The van der Waals surface area contributed by atoms with Gasteiger partial charge in [0.15, 0.2) is 11.5 Å². The first kappa shape index (κ1) is 24.2. The zero-order chi connectivity index (χ0) is 21.8. The van der Waals surface area contributed by atoms with Crippen LogP contribution in [0.4, 0.5) is 0 Å². The van der Waals surface area contributed by atoms with Crippen molar-refractivity contribution in [2.24, 2.45) is 0 Å². The number of aryl methyl sites for hydroxylation is 1. The first-order chi connectivity index (χ1) is 14.4. The molecule has 0 heterocycles. The van der Waals surface area contributed by atoms with E-state index in [2.05, 4.69) is 6.92 Å². The van der Waals surface area contributed by atoms with Crippen LogP contribution in [0.25, 0.3) is 0 Å². The molecule has 0 saturated heterocycles. The summed E-state index contributed by atoms with van der Waals surface area (Å²) in [5, 5.41) is 9.87. The van der Waals surface area contributed by atoms with Gasteiger partial charge in [-0.25, -0.2) is 0 Å². The molecule has 2 aromatic carbocycles. The van der Waals surface area contributed by atoms with E-state index < -0.39 is 10.1 Å². The van der Waals surface area contributed by atoms with Gasteiger partial charge in [-0.15, -0.1) is 0 Å². The van der Waals surface area contributed by atoms with Crippen molar-refractivity contribution in [2.45, 2.75) is 82.4 Å². The molecule has 2 N–H and O–H groups in total. The van der Waals surface area contributed by atoms with Crippen molar-refractivity contribution in [3.63, 3.8) is 0 Å². The fraction of sp³-hybridized carbons (Fsp3) is 0.500. The fourth-order valence-corrected chi connectivity index (χ4v) is 4.27. The van der Waals surface area contributed by atoms with Crippen LogP contribution in [-0.2, 0) is 16.5 Å². The highest BCUT2D eigenvalue weighted by Gasteiger charge is 2.16. The summed E-state index contributed by atoms with van der Waals surface area (Å²) < 4.78 is 38.7. The molecule has 0 aromatic heterocycles. The van der Waals surface area contributed by atoms with Crippen LogP contribution >= 0.6 is 0 Å². The van der Waals surface area contributed by atoms with E-state index in [1.165, 1.54) is 63.1 Å². The molecular formula is C24H34O5S. The molecule has 0 fully saturated rings. The summed E-state index contributed by atoms with van der Waals surface area (Å²) in [6.45, 7) is 2.22. The number of phenols is 1. The first-order valence-corrected chi connectivity index (χ1v) is 12.4. The molecule has 5 nitrogen and oxygen atoms in total. The monoisotopic (exact) mass is 434 g/mol. The van der Waals surface area contributed by atoms with Gasteiger partial charge in [-0.2, -0.15) is 8.42 Å². The lowest BCUT2D eigenvalue weighted by molar-refractivity contribution is 0.410. The molecule has 0 spiro atoms. The third-order valence-corrected chi connectivity index (χ3v) is 6.16. The van der Waals surface area contributed by atoms with Crippen LogP contribution in [0.15, 0.2) is 47.4 Å². The van der Waals surface area contributed by atoms with E-state index in [1.54, 1.807) is 24.3 Å². The summed E-state index contributed by atoms with van der Waals surface area (Å²) in [5.41, 5.74) is 0.532. The van der Waals surface area contributed by atoms with Gasteiger partial charge in [-0.1, -0.05) is 76.8 Å². The Labute approximate surface area is 180 Å². The molecule has 2 aromatic rings. The zero-order valence-electron chi connectivity index (χ0n) is 17.8. The summed E-state index contributed by atoms with van der Waals surface area (Å²) in [4.78, 5) is -0.0805. The molecule has 2 rings (SSSR count). The summed E-state index contributed by atoms with van der Waals surface area (Å²) in [5.74, 6) is 0.723. The Balaban J connectivity index is 1.89. The van der Waals surface area contributed by atoms with Crippen molar-refractivity contribution in [2.75, 3.05) is 0 Å². The molecule has 0 aliphatic rings. The predicted molar refractivity (Wildman–Crippen MR) is 120 cm³/mol. The predicted octanol–water partition coefficient (Wildman–Crippen LogP) is 6.89. The molecule has 166 valence electrons. The largest absolute Gasteiger partial charge is 0.504 e. The number of aromatic hydroxyl groups is 1. The Morgan fingerprint density at radius 1 is 0.833 bits per heavy atom. The van der Waals surface area contributed by atoms with E-state index in [0.717, 1.165) is 19.3 Å². The van der Waals surface area contributed by atoms with E-state index >= 15 is 0 Å². The van der Waals surface area contributed by atoms with Crippen LogP contribution in [0.5, 0.6) is 17.2 Å². The van der Waals surface area contributed by atoms with Crippen LogP contribution in [0.3, 0.4) is 0 Å². The number of para-hydroxylation sites is 2. The molecule has 0 amide bonds. The molecule has 0 radical (unpaired) electrons. The lowest BCUT2D eigenvalue weighted by atomic mass is 10.0. The number of hydrogen-bond acceptors (Lipinski definition) is 4. The van der Waals surface area contributed by atoms with Crippen LogP contribution in [0, 0.1) is 0 Å². The van der Waals surface area contributed by atoms with Crippen molar-refractivity contribution in [1.82, 2.24) is 0 Å². The number of rotatable bonds is 14. The van der Waals surface area contributed by atoms with Gasteiger partial charge in [0, 0.05) is 0 Å². The molecule has 0 atom stereocenters. The average molecular weight is 435 g/mol. The lowest BCUT2D eigenvalue weighted by Gasteiger charge is -2.12. The molecular weight excluding hydrogens is 400 g/mol. The van der Waals surface area contributed by atoms with Crippen molar-refractivity contribution in [3.05, 3.63) is 48.0 Å². The lowest BCUT2D eigenvalue weighted by Crippen LogP contribution is -2.04. The summed E-state index contributed by atoms with van der Waals surface area (Å²) in [7, 11) is -4.30. The van der Waals surface area contributed by atoms with Crippen molar-refractivity contribution < 1.29 is 22.8 Å². The minimum atomic E-state index is -4.30. The highest BCUT2D eigenvalue weighted by Crippen LogP contribution is 2.32. The van der Waals surface area contributed by atoms with Gasteiger partial charge in [0.1, 0.15) is 5.75 Å². The van der Waals surface area contributed by atoms with Crippen LogP contribution in [0.1, 0.15) is 76.7 Å². The standard InChI is InChI=1S/C24H34O5S/c1-2-3-4-5-6-7-8-9-10-11-14-20-19-21(17-18-24(20)30(26,27)28)29-23-16-13-12-15-22(23)25/h12-13,15-19,25H,2-11,14H2,1H3,(H,26,27,28). The molecule has 0 aliphatic carbocycles. The van der Waals surface area contributed by atoms with E-state index in [-0.39, 0.29) is 10.6 Å². The highest BCUT2D eigenvalue weighted by molar-refractivity contribution is 7.85. The number of unbranched alkanes of at least 4 members (excludes halogenated alkanes) is 9. The molecule has 0 saturated carbocycles. The first-order valence-electron chi connectivity index (χ1n) is 11.0. The smallest absolute Gasteiger partial charge is 0.294 e. The maximum Gasteiger partial charge on any atom is 0.294 e. The number of ether oxygens (including phenoxy) is 1. The topological polar surface area (TPSA) is 83.8 Å². The van der Waals surface area contributed by atoms with E-state index in [0.29, 0.717) is 23.5 Å². The van der Waals surface area contributed by atoms with Crippen molar-refractivity contribution in [3.8, 4) is 17.2 Å². The van der Waals surface area contributed by atoms with Crippen LogP contribution < -0.4 is 4.74 Å². The van der Waals surface area contributed by atoms with Gasteiger partial charge in [0.25, 0.3) is 10.1 Å². The van der Waals surface area contributed by atoms with Gasteiger partial charge >= 0.3 is 0 Å². The minimum absolute atomic E-state index is 0.00704. The van der Waals surface area contributed by atoms with E-state index in [9.17, 15) is 18.1 Å². The van der Waals surface area contributed by atoms with Gasteiger partial charge in [-0.05, 0) is 48.7 Å². The normalized spacial score (nSPS) is 11.5. The fourth-order valence-electron chi connectivity index (χ4n) is 3.54. The quantitative estimate of drug-likeness (QED) is 0.250. The highest BCUT2D eigenvalue weighted by atomic mass is 32.2. The summed E-state index contributed by atoms with van der Waals surface area (Å²) in [6, 6.07) is 11.1. The molecule has 0 unspecified atom stereocenters. The van der Waals surface area contributed by atoms with Crippen molar-refractivity contribution >= 4 is 10.1 Å². The maximum absolute atomic E-state index is 11.7. The maximum atomic E-state index is 11.7. The second-order valence-electron chi connectivity index (χ2n) is 7.75. The average Bonchev–Trinajstić information content (AvgIpc) is 2.70. The van der Waals surface area contributed by atoms with Gasteiger partial charge < -0.3 is 9.84 Å². The van der Waals surface area contributed by atoms with Crippen LogP contribution in [0.2, 0.25) is 0 Å². The van der Waals surface area contributed by atoms with Gasteiger partial charge in [-0.3, -0.25) is 4.55 Å². The second-order valence-corrected chi connectivity index (χ2v) is 9.14. The minimum Gasteiger partial charge on any atom is -0.504 e. The third-order valence-electron chi connectivity index (χ3n) is 5.20. The van der Waals surface area contributed by atoms with E-state index in [1.807, 2.05) is 0 Å². The summed E-state index contributed by atoms with van der Waals surface area (Å²) >= 11 is 0. The van der Waals surface area contributed by atoms with Gasteiger partial charge in [0.05, 0.1) is 4.90 Å². The second kappa shape index (κ2) is 12.6.